The van der Waals surface area contributed by atoms with Crippen molar-refractivity contribution in [3.8, 4) is 0 Å². The molecule has 4 rings (SSSR count). The van der Waals surface area contributed by atoms with E-state index in [1.54, 1.807) is 7.11 Å². The molecule has 0 aromatic carbocycles. The van der Waals surface area contributed by atoms with E-state index in [2.05, 4.69) is 21.1 Å². The second-order valence-electron chi connectivity index (χ2n) is 8.33. The van der Waals surface area contributed by atoms with Gasteiger partial charge in [-0.25, -0.2) is 0 Å². The number of nitrogens with zero attached hydrogens (tertiary/aromatic N) is 4. The SMILES string of the molecule is COC[C@H]1C(=O)N(CC2CC2)CC12CCN(Cc1cnn(C)c1)CC2. The van der Waals surface area contributed by atoms with Gasteiger partial charge in [0.2, 0.25) is 5.91 Å². The number of carbonyl (C=O) groups is 1. The standard InChI is InChI=1S/C19H30N4O2/c1-21-10-16(9-20-21)11-22-7-5-19(6-8-22)14-23(12-15-3-4-15)18(24)17(19)13-25-2/h9-10,15,17H,3-8,11-14H2,1-2H3/t17-/m0/s1. The van der Waals surface area contributed by atoms with Crippen LogP contribution in [0.1, 0.15) is 31.2 Å². The van der Waals surface area contributed by atoms with Crippen LogP contribution in [0.2, 0.25) is 0 Å². The van der Waals surface area contributed by atoms with Crippen molar-refractivity contribution in [2.24, 2.45) is 24.3 Å². The van der Waals surface area contributed by atoms with E-state index in [-0.39, 0.29) is 11.3 Å². The van der Waals surface area contributed by atoms with Crippen LogP contribution >= 0.6 is 0 Å². The summed E-state index contributed by atoms with van der Waals surface area (Å²) in [4.78, 5) is 17.6. The highest BCUT2D eigenvalue weighted by Crippen LogP contribution is 2.46. The molecule has 1 amide bonds. The van der Waals surface area contributed by atoms with Gasteiger partial charge in [-0.3, -0.25) is 14.4 Å². The lowest BCUT2D eigenvalue weighted by Gasteiger charge is -2.41. The Bertz CT molecular complexity index is 617. The number of hydrogen-bond donors (Lipinski definition) is 0. The Morgan fingerprint density at radius 1 is 1.32 bits per heavy atom. The summed E-state index contributed by atoms with van der Waals surface area (Å²) in [6.45, 7) is 5.55. The molecule has 1 aromatic rings. The van der Waals surface area contributed by atoms with Crippen molar-refractivity contribution in [2.75, 3.05) is 39.9 Å². The summed E-state index contributed by atoms with van der Waals surface area (Å²) in [6.07, 6.45) is 8.82. The Balaban J connectivity index is 1.41. The zero-order valence-electron chi connectivity index (χ0n) is 15.5. The molecule has 0 N–H and O–H groups in total. The molecule has 0 bridgehead atoms. The summed E-state index contributed by atoms with van der Waals surface area (Å²) >= 11 is 0. The molecule has 6 nitrogen and oxygen atoms in total. The van der Waals surface area contributed by atoms with Gasteiger partial charge in [0.25, 0.3) is 0 Å². The van der Waals surface area contributed by atoms with Crippen molar-refractivity contribution in [3.05, 3.63) is 18.0 Å². The van der Waals surface area contributed by atoms with Gasteiger partial charge in [-0.15, -0.1) is 0 Å². The quantitative estimate of drug-likeness (QED) is 0.784. The van der Waals surface area contributed by atoms with E-state index in [9.17, 15) is 4.79 Å². The van der Waals surface area contributed by atoms with E-state index in [4.69, 9.17) is 4.74 Å². The van der Waals surface area contributed by atoms with Crippen molar-refractivity contribution in [1.29, 1.82) is 0 Å². The van der Waals surface area contributed by atoms with Crippen LogP contribution in [0.4, 0.5) is 0 Å². The van der Waals surface area contributed by atoms with Gasteiger partial charge in [0, 0.05) is 51.0 Å². The molecule has 1 spiro atoms. The minimum Gasteiger partial charge on any atom is -0.384 e. The number of likely N-dealkylation sites (tertiary alicyclic amines) is 2. The fourth-order valence-electron chi connectivity index (χ4n) is 4.71. The Morgan fingerprint density at radius 3 is 2.68 bits per heavy atom. The second kappa shape index (κ2) is 6.72. The normalized spacial score (nSPS) is 26.7. The minimum atomic E-state index is 0.0526. The summed E-state index contributed by atoms with van der Waals surface area (Å²) in [5.41, 5.74) is 1.39. The number of rotatable bonds is 6. The predicted molar refractivity (Wildman–Crippen MR) is 94.8 cm³/mol. The summed E-state index contributed by atoms with van der Waals surface area (Å²) < 4.78 is 7.31. The summed E-state index contributed by atoms with van der Waals surface area (Å²) in [7, 11) is 3.69. The first-order chi connectivity index (χ1) is 12.1. The zero-order valence-corrected chi connectivity index (χ0v) is 15.5. The van der Waals surface area contributed by atoms with Crippen LogP contribution in [0.25, 0.3) is 0 Å². The molecule has 0 radical (unpaired) electrons. The maximum atomic E-state index is 12.9. The number of aromatic nitrogens is 2. The average molecular weight is 346 g/mol. The molecule has 1 saturated carbocycles. The van der Waals surface area contributed by atoms with Gasteiger partial charge < -0.3 is 9.64 Å². The molecule has 3 heterocycles. The highest BCUT2D eigenvalue weighted by Gasteiger charge is 2.53. The van der Waals surface area contributed by atoms with E-state index < -0.39 is 0 Å². The number of hydrogen-bond acceptors (Lipinski definition) is 4. The van der Waals surface area contributed by atoms with Gasteiger partial charge in [-0.1, -0.05) is 0 Å². The number of aryl methyl sites for hydroxylation is 1. The molecule has 3 aliphatic rings. The highest BCUT2D eigenvalue weighted by molar-refractivity contribution is 5.82. The van der Waals surface area contributed by atoms with Crippen molar-refractivity contribution < 1.29 is 9.53 Å². The van der Waals surface area contributed by atoms with Crippen LogP contribution in [0, 0.1) is 17.3 Å². The number of carbonyl (C=O) groups excluding carboxylic acids is 1. The molecule has 3 fully saturated rings. The van der Waals surface area contributed by atoms with E-state index in [0.29, 0.717) is 12.5 Å². The lowest BCUT2D eigenvalue weighted by atomic mass is 9.71. The minimum absolute atomic E-state index is 0.0526. The van der Waals surface area contributed by atoms with E-state index in [0.717, 1.165) is 51.5 Å². The topological polar surface area (TPSA) is 50.6 Å². The molecule has 6 heteroatoms. The maximum Gasteiger partial charge on any atom is 0.228 e. The molecule has 25 heavy (non-hydrogen) atoms. The molecule has 138 valence electrons. The summed E-state index contributed by atoms with van der Waals surface area (Å²) in [6, 6.07) is 0. The third-order valence-electron chi connectivity index (χ3n) is 6.38. The van der Waals surface area contributed by atoms with Gasteiger partial charge >= 0.3 is 0 Å². The zero-order chi connectivity index (χ0) is 17.4. The van der Waals surface area contributed by atoms with E-state index in [1.165, 1.54) is 18.4 Å². The Hall–Kier alpha value is -1.40. The van der Waals surface area contributed by atoms with Gasteiger partial charge in [0.1, 0.15) is 0 Å². The molecule has 2 aliphatic heterocycles. The van der Waals surface area contributed by atoms with Crippen LogP contribution in [0.3, 0.4) is 0 Å². The number of methoxy groups -OCH3 is 1. The molecule has 1 aromatic heterocycles. The van der Waals surface area contributed by atoms with Crippen LogP contribution < -0.4 is 0 Å². The van der Waals surface area contributed by atoms with Crippen molar-refractivity contribution in [3.63, 3.8) is 0 Å². The first-order valence-electron chi connectivity index (χ1n) is 9.57. The third kappa shape index (κ3) is 3.47. The fourth-order valence-corrected chi connectivity index (χ4v) is 4.71. The fraction of sp³-hybridized carbons (Fsp3) is 0.789. The lowest BCUT2D eigenvalue weighted by Crippen LogP contribution is -2.45. The smallest absolute Gasteiger partial charge is 0.228 e. The van der Waals surface area contributed by atoms with Gasteiger partial charge in [-0.05, 0) is 44.7 Å². The summed E-state index contributed by atoms with van der Waals surface area (Å²) in [5, 5.41) is 4.26. The third-order valence-corrected chi connectivity index (χ3v) is 6.38. The number of ether oxygens (including phenoxy) is 1. The average Bonchev–Trinajstić information content (AvgIpc) is 3.27. The molecule has 2 saturated heterocycles. The molecule has 1 aliphatic carbocycles. The first kappa shape index (κ1) is 17.0. The predicted octanol–water partition coefficient (Wildman–Crippen LogP) is 1.52. The first-order valence-corrected chi connectivity index (χ1v) is 9.57. The van der Waals surface area contributed by atoms with Crippen LogP contribution in [-0.2, 0) is 23.1 Å². The van der Waals surface area contributed by atoms with Gasteiger partial charge in [0.15, 0.2) is 0 Å². The van der Waals surface area contributed by atoms with Crippen LogP contribution in [0.5, 0.6) is 0 Å². The lowest BCUT2D eigenvalue weighted by molar-refractivity contribution is -0.133. The van der Waals surface area contributed by atoms with Crippen molar-refractivity contribution in [2.45, 2.75) is 32.2 Å². The van der Waals surface area contributed by atoms with Gasteiger partial charge in [0.05, 0.1) is 18.7 Å². The highest BCUT2D eigenvalue weighted by atomic mass is 16.5. The van der Waals surface area contributed by atoms with Crippen LogP contribution in [-0.4, -0.2) is 65.4 Å². The Labute approximate surface area is 150 Å². The maximum absolute atomic E-state index is 12.9. The summed E-state index contributed by atoms with van der Waals surface area (Å²) in [5.74, 6) is 1.15. The van der Waals surface area contributed by atoms with Crippen molar-refractivity contribution in [1.82, 2.24) is 19.6 Å². The number of piperidine rings is 1. The largest absolute Gasteiger partial charge is 0.384 e. The van der Waals surface area contributed by atoms with E-state index >= 15 is 0 Å². The molecule has 1 atom stereocenters. The molecule has 0 unspecified atom stereocenters. The second-order valence-corrected chi connectivity index (χ2v) is 8.33. The van der Waals surface area contributed by atoms with Crippen LogP contribution in [0.15, 0.2) is 12.4 Å². The van der Waals surface area contributed by atoms with Crippen molar-refractivity contribution >= 4 is 5.91 Å². The molecular weight excluding hydrogens is 316 g/mol. The monoisotopic (exact) mass is 346 g/mol. The Kier molecular flexibility index (Phi) is 4.58. The number of amides is 1. The van der Waals surface area contributed by atoms with E-state index in [1.807, 2.05) is 17.9 Å². The molecular formula is C19H30N4O2. The van der Waals surface area contributed by atoms with Gasteiger partial charge in [-0.2, -0.15) is 5.10 Å². The Morgan fingerprint density at radius 2 is 2.08 bits per heavy atom.